The number of carbonyl (C=O) groups excluding carboxylic acids is 1. The third kappa shape index (κ3) is 4.70. The topological polar surface area (TPSA) is 68.6 Å². The first-order valence-electron chi connectivity index (χ1n) is 8.70. The number of nitrogens with zero attached hydrogens (tertiary/aromatic N) is 3. The van der Waals surface area contributed by atoms with Gasteiger partial charge in [-0.1, -0.05) is 23.7 Å². The predicted octanol–water partition coefficient (Wildman–Crippen LogP) is 2.98. The fraction of sp³-hybridized carbons (Fsp3) is 0.300. The van der Waals surface area contributed by atoms with Crippen LogP contribution in [0.3, 0.4) is 0 Å². The average molecular weight is 385 g/mol. The van der Waals surface area contributed by atoms with E-state index in [0.717, 1.165) is 37.6 Å². The number of para-hydroxylation sites is 2. The molecule has 140 valence electrons. The molecule has 1 amide bonds. The maximum Gasteiger partial charge on any atom is 0.238 e. The first kappa shape index (κ1) is 19.0. The van der Waals surface area contributed by atoms with E-state index in [1.807, 2.05) is 24.3 Å². The molecule has 0 spiro atoms. The van der Waals surface area contributed by atoms with E-state index in [4.69, 9.17) is 21.6 Å². The van der Waals surface area contributed by atoms with Crippen LogP contribution < -0.4 is 15.0 Å². The maximum absolute atomic E-state index is 12.4. The van der Waals surface area contributed by atoms with Crippen LogP contribution in [0, 0.1) is 11.3 Å². The molecule has 0 bridgehead atoms. The van der Waals surface area contributed by atoms with Gasteiger partial charge in [0, 0.05) is 31.2 Å². The SMILES string of the molecule is COc1ccccc1N1CCN(CC(=O)Nc2cc(Cl)ccc2C#N)CC1. The number of nitrogens with one attached hydrogen (secondary N) is 1. The molecule has 6 nitrogen and oxygen atoms in total. The summed E-state index contributed by atoms with van der Waals surface area (Å²) in [5.41, 5.74) is 1.91. The smallest absolute Gasteiger partial charge is 0.238 e. The monoisotopic (exact) mass is 384 g/mol. The van der Waals surface area contributed by atoms with E-state index in [1.165, 1.54) is 0 Å². The van der Waals surface area contributed by atoms with Crippen LogP contribution in [0.25, 0.3) is 0 Å². The van der Waals surface area contributed by atoms with Crippen LogP contribution in [0.4, 0.5) is 11.4 Å². The number of nitriles is 1. The molecule has 2 aromatic rings. The van der Waals surface area contributed by atoms with Gasteiger partial charge in [-0.05, 0) is 30.3 Å². The van der Waals surface area contributed by atoms with Crippen LogP contribution in [0.1, 0.15) is 5.56 Å². The Bertz CT molecular complexity index is 857. The first-order valence-corrected chi connectivity index (χ1v) is 9.08. The van der Waals surface area contributed by atoms with Crippen molar-refractivity contribution in [2.24, 2.45) is 0 Å². The minimum Gasteiger partial charge on any atom is -0.495 e. The van der Waals surface area contributed by atoms with Gasteiger partial charge in [-0.2, -0.15) is 5.26 Å². The van der Waals surface area contributed by atoms with E-state index in [2.05, 4.69) is 21.2 Å². The Morgan fingerprint density at radius 3 is 2.67 bits per heavy atom. The highest BCUT2D eigenvalue weighted by molar-refractivity contribution is 6.31. The van der Waals surface area contributed by atoms with E-state index in [-0.39, 0.29) is 12.5 Å². The van der Waals surface area contributed by atoms with Crippen molar-refractivity contribution in [3.63, 3.8) is 0 Å². The predicted molar refractivity (Wildman–Crippen MR) is 106 cm³/mol. The summed E-state index contributed by atoms with van der Waals surface area (Å²) in [5, 5.41) is 12.4. The van der Waals surface area contributed by atoms with Gasteiger partial charge in [0.15, 0.2) is 0 Å². The van der Waals surface area contributed by atoms with E-state index >= 15 is 0 Å². The number of anilines is 2. The van der Waals surface area contributed by atoms with Crippen LogP contribution >= 0.6 is 11.6 Å². The molecule has 1 heterocycles. The van der Waals surface area contributed by atoms with Crippen molar-refractivity contribution < 1.29 is 9.53 Å². The number of hydrogen-bond donors (Lipinski definition) is 1. The van der Waals surface area contributed by atoms with Gasteiger partial charge in [-0.25, -0.2) is 0 Å². The second kappa shape index (κ2) is 8.76. The second-order valence-corrected chi connectivity index (χ2v) is 6.72. The lowest BCUT2D eigenvalue weighted by Crippen LogP contribution is -2.48. The number of benzene rings is 2. The molecule has 0 unspecified atom stereocenters. The van der Waals surface area contributed by atoms with Gasteiger partial charge in [-0.3, -0.25) is 9.69 Å². The number of methoxy groups -OCH3 is 1. The fourth-order valence-corrected chi connectivity index (χ4v) is 3.32. The summed E-state index contributed by atoms with van der Waals surface area (Å²) in [6.45, 7) is 3.44. The number of rotatable bonds is 5. The lowest BCUT2D eigenvalue weighted by molar-refractivity contribution is -0.117. The number of carbonyl (C=O) groups is 1. The van der Waals surface area contributed by atoms with Crippen LogP contribution in [0.2, 0.25) is 5.02 Å². The molecular formula is C20H21ClN4O2. The van der Waals surface area contributed by atoms with E-state index < -0.39 is 0 Å². The molecule has 0 saturated carbocycles. The molecule has 3 rings (SSSR count). The number of hydrogen-bond acceptors (Lipinski definition) is 5. The van der Waals surface area contributed by atoms with Crippen molar-refractivity contribution in [2.75, 3.05) is 50.1 Å². The van der Waals surface area contributed by atoms with Crippen molar-refractivity contribution in [3.8, 4) is 11.8 Å². The molecule has 27 heavy (non-hydrogen) atoms. The van der Waals surface area contributed by atoms with Gasteiger partial charge >= 0.3 is 0 Å². The lowest BCUT2D eigenvalue weighted by Gasteiger charge is -2.36. The Morgan fingerprint density at radius 1 is 1.22 bits per heavy atom. The van der Waals surface area contributed by atoms with Crippen molar-refractivity contribution in [3.05, 3.63) is 53.1 Å². The quantitative estimate of drug-likeness (QED) is 0.858. The summed E-state index contributed by atoms with van der Waals surface area (Å²) in [5.74, 6) is 0.702. The van der Waals surface area contributed by atoms with E-state index in [1.54, 1.807) is 25.3 Å². The number of piperazine rings is 1. The Labute approximate surface area is 163 Å². The molecule has 1 fully saturated rings. The van der Waals surface area contributed by atoms with Gasteiger partial charge in [-0.15, -0.1) is 0 Å². The third-order valence-corrected chi connectivity index (χ3v) is 4.78. The van der Waals surface area contributed by atoms with Crippen molar-refractivity contribution in [1.82, 2.24) is 4.90 Å². The molecule has 7 heteroatoms. The van der Waals surface area contributed by atoms with E-state index in [9.17, 15) is 4.79 Å². The largest absolute Gasteiger partial charge is 0.495 e. The molecule has 0 aliphatic carbocycles. The van der Waals surface area contributed by atoms with Crippen LogP contribution in [-0.2, 0) is 4.79 Å². The van der Waals surface area contributed by atoms with Crippen molar-refractivity contribution >= 4 is 28.9 Å². The van der Waals surface area contributed by atoms with Gasteiger partial charge in [0.05, 0.1) is 30.6 Å². The molecule has 0 atom stereocenters. The average Bonchev–Trinajstić information content (AvgIpc) is 2.68. The molecule has 1 saturated heterocycles. The highest BCUT2D eigenvalue weighted by atomic mass is 35.5. The molecule has 2 aromatic carbocycles. The number of amides is 1. The van der Waals surface area contributed by atoms with Gasteiger partial charge in [0.25, 0.3) is 0 Å². The minimum absolute atomic E-state index is 0.153. The fourth-order valence-electron chi connectivity index (χ4n) is 3.15. The molecule has 1 aliphatic heterocycles. The number of halogens is 1. The normalized spacial score (nSPS) is 14.5. The summed E-state index contributed by atoms with van der Waals surface area (Å²) in [4.78, 5) is 16.7. The summed E-state index contributed by atoms with van der Waals surface area (Å²) in [6.07, 6.45) is 0. The first-order chi connectivity index (χ1) is 13.1. The Kier molecular flexibility index (Phi) is 6.17. The minimum atomic E-state index is -0.153. The molecule has 0 aromatic heterocycles. The zero-order chi connectivity index (χ0) is 19.2. The van der Waals surface area contributed by atoms with Crippen LogP contribution in [0.5, 0.6) is 5.75 Å². The van der Waals surface area contributed by atoms with Gasteiger partial charge in [0.2, 0.25) is 5.91 Å². The summed E-state index contributed by atoms with van der Waals surface area (Å²) in [7, 11) is 1.67. The lowest BCUT2D eigenvalue weighted by atomic mass is 10.2. The highest BCUT2D eigenvalue weighted by Crippen LogP contribution is 2.28. The summed E-state index contributed by atoms with van der Waals surface area (Å²) < 4.78 is 5.43. The Morgan fingerprint density at radius 2 is 1.96 bits per heavy atom. The molecule has 1 aliphatic rings. The number of ether oxygens (including phenoxy) is 1. The molecular weight excluding hydrogens is 364 g/mol. The zero-order valence-electron chi connectivity index (χ0n) is 15.1. The standard InChI is InChI=1S/C20H21ClN4O2/c1-27-19-5-3-2-4-18(19)25-10-8-24(9-11-25)14-20(26)23-17-12-16(21)7-6-15(17)13-22/h2-7,12H,8-11,14H2,1H3,(H,23,26). The summed E-state index contributed by atoms with van der Waals surface area (Å²) >= 11 is 5.96. The summed E-state index contributed by atoms with van der Waals surface area (Å²) in [6, 6.07) is 14.8. The van der Waals surface area contributed by atoms with Gasteiger partial charge < -0.3 is 15.0 Å². The van der Waals surface area contributed by atoms with Crippen LogP contribution in [0.15, 0.2) is 42.5 Å². The zero-order valence-corrected chi connectivity index (χ0v) is 15.9. The highest BCUT2D eigenvalue weighted by Gasteiger charge is 2.21. The van der Waals surface area contributed by atoms with Gasteiger partial charge in [0.1, 0.15) is 11.8 Å². The van der Waals surface area contributed by atoms with Crippen molar-refractivity contribution in [1.29, 1.82) is 5.26 Å². The van der Waals surface area contributed by atoms with Crippen molar-refractivity contribution in [2.45, 2.75) is 0 Å². The molecule has 1 N–H and O–H groups in total. The third-order valence-electron chi connectivity index (χ3n) is 4.54. The Hall–Kier alpha value is -2.75. The maximum atomic E-state index is 12.4. The molecule has 0 radical (unpaired) electrons. The second-order valence-electron chi connectivity index (χ2n) is 6.28. The van der Waals surface area contributed by atoms with E-state index in [0.29, 0.717) is 16.3 Å². The Balaban J connectivity index is 1.56. The van der Waals surface area contributed by atoms with Crippen LogP contribution in [-0.4, -0.2) is 50.6 Å².